The molecule has 0 atom stereocenters. The van der Waals surface area contributed by atoms with E-state index < -0.39 is 0 Å². The number of piperazine rings is 1. The van der Waals surface area contributed by atoms with E-state index in [1.54, 1.807) is 0 Å². The zero-order valence-electron chi connectivity index (χ0n) is 15.4. The normalized spacial score (nSPS) is 17.3. The number of amides is 1. The van der Waals surface area contributed by atoms with Crippen LogP contribution in [0.1, 0.15) is 24.2 Å². The van der Waals surface area contributed by atoms with Crippen LogP contribution in [-0.4, -0.2) is 47.0 Å². The molecule has 6 nitrogen and oxygen atoms in total. The number of rotatable bonds is 4. The maximum atomic E-state index is 12.2. The number of anilines is 3. The molecule has 1 aliphatic heterocycles. The number of nitrogens with zero attached hydrogens (tertiary/aromatic N) is 4. The average Bonchev–Trinajstić information content (AvgIpc) is 3.48. The lowest BCUT2D eigenvalue weighted by molar-refractivity contribution is -0.132. The molecular weight excluding hydrogens is 326 g/mol. The van der Waals surface area contributed by atoms with Crippen molar-refractivity contribution in [2.75, 3.05) is 36.4 Å². The van der Waals surface area contributed by atoms with E-state index in [1.807, 2.05) is 17.9 Å². The molecule has 0 radical (unpaired) electrons. The average molecular weight is 351 g/mol. The standard InChI is InChI=1S/C20H25N5O/c1-14-3-7-17(8-4-14)23-18-13-19(22-15(2)21-18)24-9-11-25(12-10-24)20(26)16-5-6-16/h3-4,7-8,13,16H,5-6,9-12H2,1-2H3,(H,21,22,23). The summed E-state index contributed by atoms with van der Waals surface area (Å²) in [6.07, 6.45) is 2.14. The van der Waals surface area contributed by atoms with Gasteiger partial charge in [-0.05, 0) is 38.8 Å². The van der Waals surface area contributed by atoms with Gasteiger partial charge >= 0.3 is 0 Å². The van der Waals surface area contributed by atoms with E-state index in [0.717, 1.165) is 62.2 Å². The van der Waals surface area contributed by atoms with Gasteiger partial charge in [0.05, 0.1) is 0 Å². The minimum absolute atomic E-state index is 0.299. The number of benzene rings is 1. The topological polar surface area (TPSA) is 61.4 Å². The van der Waals surface area contributed by atoms with Crippen LogP contribution in [0, 0.1) is 19.8 Å². The Labute approximate surface area is 154 Å². The monoisotopic (exact) mass is 351 g/mol. The predicted molar refractivity (Wildman–Crippen MR) is 103 cm³/mol. The van der Waals surface area contributed by atoms with Gasteiger partial charge in [0.25, 0.3) is 0 Å². The van der Waals surface area contributed by atoms with Crippen LogP contribution in [0.3, 0.4) is 0 Å². The summed E-state index contributed by atoms with van der Waals surface area (Å²) >= 11 is 0. The Kier molecular flexibility index (Phi) is 4.49. The first kappa shape index (κ1) is 16.8. The molecule has 0 spiro atoms. The van der Waals surface area contributed by atoms with Crippen LogP contribution in [0.25, 0.3) is 0 Å². The van der Waals surface area contributed by atoms with Crippen molar-refractivity contribution in [3.8, 4) is 0 Å². The second-order valence-corrected chi connectivity index (χ2v) is 7.24. The highest BCUT2D eigenvalue weighted by atomic mass is 16.2. The molecule has 1 saturated carbocycles. The predicted octanol–water partition coefficient (Wildman–Crippen LogP) is 2.90. The summed E-state index contributed by atoms with van der Waals surface area (Å²) in [7, 11) is 0. The van der Waals surface area contributed by atoms with Crippen LogP contribution < -0.4 is 10.2 Å². The van der Waals surface area contributed by atoms with Gasteiger partial charge in [-0.1, -0.05) is 17.7 Å². The van der Waals surface area contributed by atoms with E-state index in [1.165, 1.54) is 5.56 Å². The molecule has 26 heavy (non-hydrogen) atoms. The van der Waals surface area contributed by atoms with Crippen molar-refractivity contribution >= 4 is 23.2 Å². The Hall–Kier alpha value is -2.63. The van der Waals surface area contributed by atoms with Crippen molar-refractivity contribution in [3.63, 3.8) is 0 Å². The summed E-state index contributed by atoms with van der Waals surface area (Å²) in [6.45, 7) is 7.18. The van der Waals surface area contributed by atoms with Crippen molar-refractivity contribution in [2.24, 2.45) is 5.92 Å². The minimum Gasteiger partial charge on any atom is -0.353 e. The second kappa shape index (κ2) is 6.94. The van der Waals surface area contributed by atoms with Crippen LogP contribution in [0.4, 0.5) is 17.3 Å². The lowest BCUT2D eigenvalue weighted by atomic mass is 10.2. The summed E-state index contributed by atoms with van der Waals surface area (Å²) in [5.41, 5.74) is 2.24. The van der Waals surface area contributed by atoms with E-state index >= 15 is 0 Å². The number of hydrogen-bond donors (Lipinski definition) is 1. The van der Waals surface area contributed by atoms with E-state index in [4.69, 9.17) is 0 Å². The van der Waals surface area contributed by atoms with E-state index in [9.17, 15) is 4.79 Å². The quantitative estimate of drug-likeness (QED) is 0.918. The largest absolute Gasteiger partial charge is 0.353 e. The van der Waals surface area contributed by atoms with Gasteiger partial charge in [-0.15, -0.1) is 0 Å². The van der Waals surface area contributed by atoms with Gasteiger partial charge in [0.1, 0.15) is 17.5 Å². The molecule has 0 bridgehead atoms. The third kappa shape index (κ3) is 3.79. The molecule has 1 aliphatic carbocycles. The fraction of sp³-hybridized carbons (Fsp3) is 0.450. The van der Waals surface area contributed by atoms with Gasteiger partial charge in [0.2, 0.25) is 5.91 Å². The first-order valence-electron chi connectivity index (χ1n) is 9.31. The summed E-state index contributed by atoms with van der Waals surface area (Å²) in [5, 5.41) is 3.36. The minimum atomic E-state index is 0.299. The molecule has 1 aromatic heterocycles. The Bertz CT molecular complexity index is 792. The highest BCUT2D eigenvalue weighted by Crippen LogP contribution is 2.31. The SMILES string of the molecule is Cc1ccc(Nc2cc(N3CCN(C(=O)C4CC4)CC3)nc(C)n2)cc1. The van der Waals surface area contributed by atoms with Crippen LogP contribution in [-0.2, 0) is 4.79 Å². The highest BCUT2D eigenvalue weighted by molar-refractivity contribution is 5.81. The van der Waals surface area contributed by atoms with Gasteiger partial charge in [0, 0.05) is 43.9 Å². The van der Waals surface area contributed by atoms with Gasteiger partial charge in [0.15, 0.2) is 0 Å². The number of hydrogen-bond acceptors (Lipinski definition) is 5. The molecule has 6 heteroatoms. The van der Waals surface area contributed by atoms with Crippen molar-refractivity contribution in [1.82, 2.24) is 14.9 Å². The zero-order chi connectivity index (χ0) is 18.1. The van der Waals surface area contributed by atoms with Crippen molar-refractivity contribution in [1.29, 1.82) is 0 Å². The summed E-state index contributed by atoms with van der Waals surface area (Å²) in [5.74, 6) is 3.10. The molecule has 136 valence electrons. The molecule has 2 fully saturated rings. The van der Waals surface area contributed by atoms with Crippen molar-refractivity contribution in [3.05, 3.63) is 41.7 Å². The molecule has 4 rings (SSSR count). The Morgan fingerprint density at radius 3 is 2.38 bits per heavy atom. The lowest BCUT2D eigenvalue weighted by Crippen LogP contribution is -2.49. The molecule has 2 aromatic rings. The molecule has 2 aliphatic rings. The first-order valence-corrected chi connectivity index (χ1v) is 9.31. The van der Waals surface area contributed by atoms with Crippen LogP contribution in [0.5, 0.6) is 0 Å². The molecule has 1 N–H and O–H groups in total. The zero-order valence-corrected chi connectivity index (χ0v) is 15.4. The van der Waals surface area contributed by atoms with Gasteiger partial charge in [-0.2, -0.15) is 0 Å². The number of nitrogens with one attached hydrogen (secondary N) is 1. The number of carbonyl (C=O) groups is 1. The maximum Gasteiger partial charge on any atom is 0.225 e. The third-order valence-electron chi connectivity index (χ3n) is 4.99. The van der Waals surface area contributed by atoms with Crippen LogP contribution >= 0.6 is 0 Å². The first-order chi connectivity index (χ1) is 12.6. The van der Waals surface area contributed by atoms with Crippen molar-refractivity contribution in [2.45, 2.75) is 26.7 Å². The third-order valence-corrected chi connectivity index (χ3v) is 4.99. The molecular formula is C20H25N5O. The Morgan fingerprint density at radius 2 is 1.73 bits per heavy atom. The van der Waals surface area contributed by atoms with Gasteiger partial charge < -0.3 is 15.1 Å². The molecule has 1 saturated heterocycles. The Morgan fingerprint density at radius 1 is 1.04 bits per heavy atom. The lowest BCUT2D eigenvalue weighted by Gasteiger charge is -2.35. The number of carbonyl (C=O) groups excluding carboxylic acids is 1. The fourth-order valence-electron chi connectivity index (χ4n) is 3.31. The Balaban J connectivity index is 1.44. The van der Waals surface area contributed by atoms with Gasteiger partial charge in [-0.3, -0.25) is 4.79 Å². The molecule has 2 heterocycles. The number of aryl methyl sites for hydroxylation is 2. The second-order valence-electron chi connectivity index (χ2n) is 7.24. The summed E-state index contributed by atoms with van der Waals surface area (Å²) < 4.78 is 0. The molecule has 1 amide bonds. The molecule has 1 aromatic carbocycles. The van der Waals surface area contributed by atoms with E-state index in [0.29, 0.717) is 11.8 Å². The van der Waals surface area contributed by atoms with Crippen LogP contribution in [0.2, 0.25) is 0 Å². The van der Waals surface area contributed by atoms with Gasteiger partial charge in [-0.25, -0.2) is 9.97 Å². The summed E-state index contributed by atoms with van der Waals surface area (Å²) in [4.78, 5) is 25.6. The van der Waals surface area contributed by atoms with E-state index in [2.05, 4.69) is 51.4 Å². The smallest absolute Gasteiger partial charge is 0.225 e. The summed E-state index contributed by atoms with van der Waals surface area (Å²) in [6, 6.07) is 10.2. The molecule has 0 unspecified atom stereocenters. The maximum absolute atomic E-state index is 12.2. The number of aromatic nitrogens is 2. The van der Waals surface area contributed by atoms with E-state index in [-0.39, 0.29) is 0 Å². The highest BCUT2D eigenvalue weighted by Gasteiger charge is 2.34. The fourth-order valence-corrected chi connectivity index (χ4v) is 3.31. The van der Waals surface area contributed by atoms with Crippen LogP contribution in [0.15, 0.2) is 30.3 Å². The van der Waals surface area contributed by atoms with Crippen molar-refractivity contribution < 1.29 is 4.79 Å².